The van der Waals surface area contributed by atoms with Crippen molar-refractivity contribution in [3.05, 3.63) is 71.8 Å². The summed E-state index contributed by atoms with van der Waals surface area (Å²) in [6.45, 7) is 6.00. The molecule has 0 heterocycles. The van der Waals surface area contributed by atoms with Gasteiger partial charge in [0.1, 0.15) is 17.3 Å². The summed E-state index contributed by atoms with van der Waals surface area (Å²) in [5.74, 6) is 0.569. The lowest BCUT2D eigenvalue weighted by Crippen LogP contribution is -2.13. The van der Waals surface area contributed by atoms with Crippen molar-refractivity contribution < 1.29 is 17.4 Å². The predicted octanol–water partition coefficient (Wildman–Crippen LogP) is 4.09. The number of ether oxygens (including phenoxy) is 1. The first-order valence-electron chi connectivity index (χ1n) is 8.42. The van der Waals surface area contributed by atoms with Gasteiger partial charge in [0.2, 0.25) is 0 Å². The SMILES string of the molecule is C=C(C)COc1ccc(S(=O)(=O)O/N=C2\CCCc3ccccc32)cc1. The third kappa shape index (κ3) is 4.32. The number of oxime groups is 1. The summed E-state index contributed by atoms with van der Waals surface area (Å²) >= 11 is 0. The van der Waals surface area contributed by atoms with Gasteiger partial charge in [-0.3, -0.25) is 4.28 Å². The van der Waals surface area contributed by atoms with Crippen molar-refractivity contribution in [1.82, 2.24) is 0 Å². The molecule has 0 amide bonds. The highest BCUT2D eigenvalue weighted by molar-refractivity contribution is 7.86. The quantitative estimate of drug-likeness (QED) is 0.567. The fourth-order valence-electron chi connectivity index (χ4n) is 2.74. The molecule has 0 atom stereocenters. The lowest BCUT2D eigenvalue weighted by atomic mass is 9.90. The Labute approximate surface area is 154 Å². The average molecular weight is 371 g/mol. The van der Waals surface area contributed by atoms with Gasteiger partial charge in [0.15, 0.2) is 0 Å². The fourth-order valence-corrected chi connectivity index (χ4v) is 3.49. The molecule has 0 saturated heterocycles. The van der Waals surface area contributed by atoms with Crippen molar-refractivity contribution in [2.45, 2.75) is 31.1 Å². The van der Waals surface area contributed by atoms with Crippen LogP contribution in [0.15, 0.2) is 70.7 Å². The van der Waals surface area contributed by atoms with Gasteiger partial charge in [0, 0.05) is 5.56 Å². The van der Waals surface area contributed by atoms with E-state index in [1.807, 2.05) is 31.2 Å². The smallest absolute Gasteiger partial charge is 0.358 e. The number of hydrogen-bond donors (Lipinski definition) is 0. The van der Waals surface area contributed by atoms with Crippen molar-refractivity contribution in [2.75, 3.05) is 6.61 Å². The highest BCUT2D eigenvalue weighted by Crippen LogP contribution is 2.23. The number of nitrogens with zero attached hydrogens (tertiary/aromatic N) is 1. The van der Waals surface area contributed by atoms with E-state index in [0.717, 1.165) is 29.5 Å². The standard InChI is InChI=1S/C20H21NO4S/c1-15(2)14-24-17-10-12-18(13-11-17)26(22,23)25-21-20-9-5-7-16-6-3-4-8-19(16)20/h3-4,6,8,10-13H,1,5,7,9,14H2,2H3/b21-20+. The first kappa shape index (κ1) is 18.2. The Morgan fingerprint density at radius 3 is 2.58 bits per heavy atom. The first-order chi connectivity index (χ1) is 12.5. The van der Waals surface area contributed by atoms with E-state index in [2.05, 4.69) is 11.7 Å². The highest BCUT2D eigenvalue weighted by atomic mass is 32.2. The lowest BCUT2D eigenvalue weighted by Gasteiger charge is -2.16. The summed E-state index contributed by atoms with van der Waals surface area (Å²) in [6.07, 6.45) is 2.59. The second-order valence-corrected chi connectivity index (χ2v) is 7.82. The van der Waals surface area contributed by atoms with Crippen molar-refractivity contribution in [1.29, 1.82) is 0 Å². The Hall–Kier alpha value is -2.60. The van der Waals surface area contributed by atoms with Crippen LogP contribution in [0.25, 0.3) is 0 Å². The second kappa shape index (κ2) is 7.74. The molecule has 0 saturated carbocycles. The van der Waals surface area contributed by atoms with Gasteiger partial charge in [0.25, 0.3) is 0 Å². The van der Waals surface area contributed by atoms with Gasteiger partial charge in [-0.15, -0.1) is 0 Å². The van der Waals surface area contributed by atoms with Gasteiger partial charge >= 0.3 is 10.1 Å². The molecular weight excluding hydrogens is 350 g/mol. The lowest BCUT2D eigenvalue weighted by molar-refractivity contribution is 0.336. The van der Waals surface area contributed by atoms with E-state index in [-0.39, 0.29) is 4.90 Å². The number of benzene rings is 2. The molecule has 0 spiro atoms. The Kier molecular flexibility index (Phi) is 5.42. The minimum atomic E-state index is -3.97. The van der Waals surface area contributed by atoms with E-state index in [1.165, 1.54) is 12.1 Å². The Morgan fingerprint density at radius 2 is 1.85 bits per heavy atom. The molecule has 2 aromatic carbocycles. The fraction of sp³-hybridized carbons (Fsp3) is 0.250. The van der Waals surface area contributed by atoms with E-state index in [9.17, 15) is 8.42 Å². The Balaban J connectivity index is 1.74. The molecule has 0 fully saturated rings. The number of hydrogen-bond acceptors (Lipinski definition) is 5. The van der Waals surface area contributed by atoms with Gasteiger partial charge < -0.3 is 4.74 Å². The summed E-state index contributed by atoms with van der Waals surface area (Å²) in [5, 5.41) is 3.94. The molecule has 2 aromatic rings. The van der Waals surface area contributed by atoms with E-state index in [0.29, 0.717) is 24.5 Å². The van der Waals surface area contributed by atoms with Crippen LogP contribution in [-0.4, -0.2) is 20.7 Å². The van der Waals surface area contributed by atoms with Gasteiger partial charge in [0.05, 0.1) is 5.71 Å². The summed E-state index contributed by atoms with van der Waals surface area (Å²) < 4.78 is 35.2. The van der Waals surface area contributed by atoms with E-state index in [1.54, 1.807) is 12.1 Å². The maximum atomic E-state index is 12.4. The zero-order chi connectivity index (χ0) is 18.6. The summed E-state index contributed by atoms with van der Waals surface area (Å²) in [4.78, 5) is 0.0358. The second-order valence-electron chi connectivity index (χ2n) is 6.29. The van der Waals surface area contributed by atoms with Crippen LogP contribution in [0.5, 0.6) is 5.75 Å². The van der Waals surface area contributed by atoms with Crippen LogP contribution >= 0.6 is 0 Å². The molecule has 0 aliphatic heterocycles. The number of fused-ring (bicyclic) bond motifs is 1. The minimum absolute atomic E-state index is 0.0358. The summed E-state index contributed by atoms with van der Waals surface area (Å²) in [6, 6.07) is 13.9. The molecule has 3 rings (SSSR count). The van der Waals surface area contributed by atoms with Crippen LogP contribution in [0.2, 0.25) is 0 Å². The topological polar surface area (TPSA) is 65.0 Å². The molecule has 1 aliphatic carbocycles. The molecule has 0 unspecified atom stereocenters. The van der Waals surface area contributed by atoms with Crippen LogP contribution in [0, 0.1) is 0 Å². The minimum Gasteiger partial charge on any atom is -0.489 e. The predicted molar refractivity (Wildman–Crippen MR) is 101 cm³/mol. The van der Waals surface area contributed by atoms with Crippen LogP contribution in [-0.2, 0) is 20.8 Å². The molecule has 1 aliphatic rings. The Bertz CT molecular complexity index is 931. The van der Waals surface area contributed by atoms with Crippen molar-refractivity contribution in [3.63, 3.8) is 0 Å². The highest BCUT2D eigenvalue weighted by Gasteiger charge is 2.19. The van der Waals surface area contributed by atoms with Crippen molar-refractivity contribution in [2.24, 2.45) is 5.16 Å². The molecule has 0 aromatic heterocycles. The maximum absolute atomic E-state index is 12.4. The van der Waals surface area contributed by atoms with E-state index in [4.69, 9.17) is 9.02 Å². The van der Waals surface area contributed by atoms with Gasteiger partial charge in [-0.1, -0.05) is 36.0 Å². The molecular formula is C20H21NO4S. The largest absolute Gasteiger partial charge is 0.489 e. The van der Waals surface area contributed by atoms with Gasteiger partial charge in [-0.2, -0.15) is 8.42 Å². The zero-order valence-corrected chi connectivity index (χ0v) is 15.5. The number of aryl methyl sites for hydroxylation is 1. The molecule has 136 valence electrons. The van der Waals surface area contributed by atoms with Crippen LogP contribution in [0.3, 0.4) is 0 Å². The normalized spacial score (nSPS) is 15.3. The molecule has 6 heteroatoms. The molecule has 0 radical (unpaired) electrons. The summed E-state index contributed by atoms with van der Waals surface area (Å²) in [5.41, 5.74) is 3.67. The van der Waals surface area contributed by atoms with E-state index < -0.39 is 10.1 Å². The van der Waals surface area contributed by atoms with Crippen molar-refractivity contribution in [3.8, 4) is 5.75 Å². The molecule has 0 bridgehead atoms. The zero-order valence-electron chi connectivity index (χ0n) is 14.6. The third-order valence-electron chi connectivity index (χ3n) is 4.03. The molecule has 26 heavy (non-hydrogen) atoms. The Morgan fingerprint density at radius 1 is 1.12 bits per heavy atom. The van der Waals surface area contributed by atoms with Gasteiger partial charge in [-0.25, -0.2) is 0 Å². The van der Waals surface area contributed by atoms with Crippen molar-refractivity contribution >= 4 is 15.8 Å². The van der Waals surface area contributed by atoms with Gasteiger partial charge in [-0.05, 0) is 61.6 Å². The maximum Gasteiger partial charge on any atom is 0.358 e. The summed E-state index contributed by atoms with van der Waals surface area (Å²) in [7, 11) is -3.97. The molecule has 0 N–H and O–H groups in total. The van der Waals surface area contributed by atoms with E-state index >= 15 is 0 Å². The monoisotopic (exact) mass is 371 g/mol. The van der Waals surface area contributed by atoms with Crippen LogP contribution in [0.1, 0.15) is 30.9 Å². The third-order valence-corrected chi connectivity index (χ3v) is 5.15. The first-order valence-corrected chi connectivity index (χ1v) is 9.82. The number of rotatable bonds is 6. The van der Waals surface area contributed by atoms with Crippen LogP contribution < -0.4 is 4.74 Å². The van der Waals surface area contributed by atoms with Crippen LogP contribution in [0.4, 0.5) is 0 Å². The molecule has 5 nitrogen and oxygen atoms in total. The average Bonchev–Trinajstić information content (AvgIpc) is 2.65.